The van der Waals surface area contributed by atoms with Crippen molar-refractivity contribution in [1.29, 1.82) is 0 Å². The van der Waals surface area contributed by atoms with E-state index in [1.807, 2.05) is 18.2 Å². The van der Waals surface area contributed by atoms with Crippen LogP contribution in [0.5, 0.6) is 11.5 Å². The highest BCUT2D eigenvalue weighted by atomic mass is 16.6. The van der Waals surface area contributed by atoms with Crippen LogP contribution in [0.3, 0.4) is 0 Å². The molecule has 0 aliphatic rings. The van der Waals surface area contributed by atoms with Gasteiger partial charge >= 0.3 is 0 Å². The van der Waals surface area contributed by atoms with Crippen molar-refractivity contribution < 1.29 is 14.6 Å². The summed E-state index contributed by atoms with van der Waals surface area (Å²) in [7, 11) is 0. The normalized spacial score (nSPS) is 12.2. The van der Waals surface area contributed by atoms with E-state index in [0.29, 0.717) is 18.1 Å². The van der Waals surface area contributed by atoms with Crippen molar-refractivity contribution >= 4 is 0 Å². The van der Waals surface area contributed by atoms with Gasteiger partial charge in [0.2, 0.25) is 6.29 Å². The van der Waals surface area contributed by atoms with E-state index < -0.39 is 6.29 Å². The minimum atomic E-state index is -1.07. The van der Waals surface area contributed by atoms with Crippen molar-refractivity contribution in [3.63, 3.8) is 0 Å². The number of rotatable bonds is 6. The Labute approximate surface area is 90.6 Å². The average molecular weight is 209 g/mol. The van der Waals surface area contributed by atoms with Crippen molar-refractivity contribution in [3.05, 3.63) is 24.3 Å². The summed E-state index contributed by atoms with van der Waals surface area (Å²) in [6.07, 6.45) is 1.02. The van der Waals surface area contributed by atoms with Crippen LogP contribution >= 0.6 is 0 Å². The van der Waals surface area contributed by atoms with Crippen LogP contribution in [-0.2, 0) is 5.11 Å². The third kappa shape index (κ3) is 4.21. The van der Waals surface area contributed by atoms with Gasteiger partial charge in [0.25, 0.3) is 0 Å². The van der Waals surface area contributed by atoms with Crippen molar-refractivity contribution in [1.82, 2.24) is 0 Å². The van der Waals surface area contributed by atoms with E-state index in [0.717, 1.165) is 12.8 Å². The van der Waals surface area contributed by atoms with Gasteiger partial charge in [0.05, 0.1) is 6.61 Å². The molecule has 3 heteroatoms. The van der Waals surface area contributed by atoms with E-state index in [9.17, 15) is 5.11 Å². The lowest BCUT2D eigenvalue weighted by atomic mass is 10.3. The number of benzene rings is 1. The fourth-order valence-corrected chi connectivity index (χ4v) is 1.17. The van der Waals surface area contributed by atoms with Gasteiger partial charge in [-0.05, 0) is 18.6 Å². The summed E-state index contributed by atoms with van der Waals surface area (Å²) in [5.41, 5.74) is 0. The van der Waals surface area contributed by atoms with Crippen LogP contribution in [0, 0.1) is 0 Å². The number of hydrogen-bond acceptors (Lipinski definition) is 2. The molecule has 0 spiro atoms. The summed E-state index contributed by atoms with van der Waals surface area (Å²) in [6.45, 7) is 4.22. The standard InChI is InChI=1S/C12H17O3/c1-3-4-9-14-11-7-5-6-8-12(11)15-10(2)13/h5-8,10H,3-4,9H2,1-2H3. The fourth-order valence-electron chi connectivity index (χ4n) is 1.17. The largest absolute Gasteiger partial charge is 0.490 e. The lowest BCUT2D eigenvalue weighted by Crippen LogP contribution is -2.09. The molecular formula is C12H17O3. The topological polar surface area (TPSA) is 38.4 Å². The van der Waals surface area contributed by atoms with Crippen molar-refractivity contribution in [3.8, 4) is 11.5 Å². The quantitative estimate of drug-likeness (QED) is 0.533. The average Bonchev–Trinajstić information content (AvgIpc) is 2.20. The highest BCUT2D eigenvalue weighted by molar-refractivity contribution is 5.39. The molecule has 0 aliphatic carbocycles. The van der Waals surface area contributed by atoms with Gasteiger partial charge in [-0.3, -0.25) is 0 Å². The van der Waals surface area contributed by atoms with Crippen LogP contribution < -0.4 is 9.47 Å². The molecule has 1 radical (unpaired) electrons. The first-order chi connectivity index (χ1) is 7.24. The third-order valence-corrected chi connectivity index (χ3v) is 1.90. The maximum Gasteiger partial charge on any atom is 0.228 e. The van der Waals surface area contributed by atoms with Gasteiger partial charge in [0.1, 0.15) is 0 Å². The number of hydrogen-bond donors (Lipinski definition) is 0. The van der Waals surface area contributed by atoms with Crippen molar-refractivity contribution in [2.45, 2.75) is 33.0 Å². The molecule has 1 atom stereocenters. The molecule has 0 saturated carbocycles. The first-order valence-corrected chi connectivity index (χ1v) is 5.28. The van der Waals surface area contributed by atoms with Gasteiger partial charge in [-0.25, -0.2) is 0 Å². The Morgan fingerprint density at radius 3 is 2.53 bits per heavy atom. The van der Waals surface area contributed by atoms with Crippen LogP contribution in [0.15, 0.2) is 24.3 Å². The second kappa shape index (κ2) is 6.30. The SMILES string of the molecule is CCCCOc1ccccc1OC(C)[O]. The second-order valence-electron chi connectivity index (χ2n) is 3.33. The highest BCUT2D eigenvalue weighted by Crippen LogP contribution is 2.27. The summed E-state index contributed by atoms with van der Waals surface area (Å²) in [6, 6.07) is 7.25. The Hall–Kier alpha value is -1.22. The molecule has 0 heterocycles. The van der Waals surface area contributed by atoms with Crippen LogP contribution in [0.2, 0.25) is 0 Å². The molecule has 1 aromatic rings. The van der Waals surface area contributed by atoms with Gasteiger partial charge in [-0.1, -0.05) is 25.5 Å². The fraction of sp³-hybridized carbons (Fsp3) is 0.500. The minimum absolute atomic E-state index is 0.524. The Bertz CT molecular complexity index is 284. The van der Waals surface area contributed by atoms with Gasteiger partial charge in [0, 0.05) is 6.92 Å². The van der Waals surface area contributed by atoms with E-state index in [1.165, 1.54) is 6.92 Å². The summed E-state index contributed by atoms with van der Waals surface area (Å²) < 4.78 is 10.6. The molecule has 0 aliphatic heterocycles. The zero-order chi connectivity index (χ0) is 11.1. The molecule has 0 amide bonds. The smallest absolute Gasteiger partial charge is 0.228 e. The predicted molar refractivity (Wildman–Crippen MR) is 57.6 cm³/mol. The van der Waals surface area contributed by atoms with E-state index in [2.05, 4.69) is 6.92 Å². The maximum atomic E-state index is 10.9. The first-order valence-electron chi connectivity index (χ1n) is 5.28. The highest BCUT2D eigenvalue weighted by Gasteiger charge is 2.06. The van der Waals surface area contributed by atoms with E-state index in [-0.39, 0.29) is 0 Å². The zero-order valence-corrected chi connectivity index (χ0v) is 9.23. The second-order valence-corrected chi connectivity index (χ2v) is 3.33. The Kier molecular flexibility index (Phi) is 4.98. The van der Waals surface area contributed by atoms with Crippen molar-refractivity contribution in [2.24, 2.45) is 0 Å². The molecule has 1 unspecified atom stereocenters. The van der Waals surface area contributed by atoms with E-state index in [4.69, 9.17) is 9.47 Å². The lowest BCUT2D eigenvalue weighted by Gasteiger charge is -2.12. The Balaban J connectivity index is 2.60. The molecule has 15 heavy (non-hydrogen) atoms. The molecule has 0 N–H and O–H groups in total. The molecular weight excluding hydrogens is 192 g/mol. The van der Waals surface area contributed by atoms with Crippen LogP contribution in [0.4, 0.5) is 0 Å². The minimum Gasteiger partial charge on any atom is -0.490 e. The molecule has 0 saturated heterocycles. The molecule has 3 nitrogen and oxygen atoms in total. The monoisotopic (exact) mass is 209 g/mol. The molecule has 1 rings (SSSR count). The molecule has 0 aromatic heterocycles. The summed E-state index contributed by atoms with van der Waals surface area (Å²) >= 11 is 0. The summed E-state index contributed by atoms with van der Waals surface area (Å²) in [5.74, 6) is 1.17. The van der Waals surface area contributed by atoms with Gasteiger partial charge in [-0.2, -0.15) is 5.11 Å². The summed E-state index contributed by atoms with van der Waals surface area (Å²) in [4.78, 5) is 0. The Morgan fingerprint density at radius 2 is 1.93 bits per heavy atom. The molecule has 0 fully saturated rings. The molecule has 83 valence electrons. The number of unbranched alkanes of at least 4 members (excludes halogenated alkanes) is 1. The predicted octanol–water partition coefficient (Wildman–Crippen LogP) is 3.02. The maximum absolute atomic E-state index is 10.9. The number of ether oxygens (including phenoxy) is 2. The van der Waals surface area contributed by atoms with Crippen molar-refractivity contribution in [2.75, 3.05) is 6.61 Å². The Morgan fingerprint density at radius 1 is 1.27 bits per heavy atom. The van der Waals surface area contributed by atoms with E-state index in [1.54, 1.807) is 6.07 Å². The molecule has 1 aromatic carbocycles. The van der Waals surface area contributed by atoms with E-state index >= 15 is 0 Å². The third-order valence-electron chi connectivity index (χ3n) is 1.90. The van der Waals surface area contributed by atoms with Crippen LogP contribution in [0.25, 0.3) is 0 Å². The van der Waals surface area contributed by atoms with Gasteiger partial charge < -0.3 is 9.47 Å². The lowest BCUT2D eigenvalue weighted by molar-refractivity contribution is -0.0567. The van der Waals surface area contributed by atoms with Gasteiger partial charge in [0.15, 0.2) is 11.5 Å². The number of para-hydroxylation sites is 2. The zero-order valence-electron chi connectivity index (χ0n) is 9.23. The molecule has 0 bridgehead atoms. The summed E-state index contributed by atoms with van der Waals surface area (Å²) in [5, 5.41) is 10.9. The van der Waals surface area contributed by atoms with Crippen LogP contribution in [0.1, 0.15) is 26.7 Å². The van der Waals surface area contributed by atoms with Crippen LogP contribution in [-0.4, -0.2) is 12.9 Å². The first kappa shape index (κ1) is 11.9. The van der Waals surface area contributed by atoms with Gasteiger partial charge in [-0.15, -0.1) is 0 Å².